The first-order valence-electron chi connectivity index (χ1n) is 8.69. The van der Waals surface area contributed by atoms with Gasteiger partial charge < -0.3 is 4.74 Å². The van der Waals surface area contributed by atoms with Crippen molar-refractivity contribution in [3.8, 4) is 11.3 Å². The highest BCUT2D eigenvalue weighted by atomic mass is 32.2. The molecular formula is C19H22N4O3S. The molecule has 0 aliphatic rings. The molecule has 3 rings (SSSR count). The molecule has 0 saturated carbocycles. The van der Waals surface area contributed by atoms with Crippen LogP contribution in [0.4, 0.5) is 0 Å². The fourth-order valence-electron chi connectivity index (χ4n) is 2.53. The number of benzene rings is 1. The lowest BCUT2D eigenvalue weighted by Gasteiger charge is -2.19. The average molecular weight is 386 g/mol. The molecule has 3 aromatic rings. The van der Waals surface area contributed by atoms with Gasteiger partial charge in [-0.25, -0.2) is 9.61 Å². The number of esters is 1. The van der Waals surface area contributed by atoms with E-state index in [0.717, 1.165) is 12.0 Å². The molecule has 7 nitrogen and oxygen atoms in total. The van der Waals surface area contributed by atoms with Crippen LogP contribution in [0.3, 0.4) is 0 Å². The Balaban J connectivity index is 1.89. The quantitative estimate of drug-likeness (QED) is 0.535. The number of H-pyrrole nitrogens is 1. The number of hydrogen-bond acceptors (Lipinski definition) is 6. The number of aryl methyl sites for hydroxylation is 1. The second kappa shape index (κ2) is 7.56. The lowest BCUT2D eigenvalue weighted by Crippen LogP contribution is -2.25. The summed E-state index contributed by atoms with van der Waals surface area (Å²) in [7, 11) is 0. The molecule has 0 aliphatic heterocycles. The monoisotopic (exact) mass is 386 g/mol. The van der Waals surface area contributed by atoms with Crippen molar-refractivity contribution in [3.05, 3.63) is 46.2 Å². The zero-order valence-electron chi connectivity index (χ0n) is 15.8. The fourth-order valence-corrected chi connectivity index (χ4v) is 3.21. The number of nitrogens with one attached hydrogen (secondary N) is 1. The van der Waals surface area contributed by atoms with Crippen molar-refractivity contribution in [3.63, 3.8) is 0 Å². The Labute approximate surface area is 161 Å². The van der Waals surface area contributed by atoms with Crippen molar-refractivity contribution in [1.29, 1.82) is 0 Å². The van der Waals surface area contributed by atoms with Crippen LogP contribution >= 0.6 is 11.8 Å². The second-order valence-electron chi connectivity index (χ2n) is 7.09. The van der Waals surface area contributed by atoms with Gasteiger partial charge in [-0.2, -0.15) is 5.10 Å². The van der Waals surface area contributed by atoms with E-state index in [4.69, 9.17) is 4.74 Å². The van der Waals surface area contributed by atoms with E-state index >= 15 is 0 Å². The number of aromatic amines is 1. The van der Waals surface area contributed by atoms with Gasteiger partial charge in [0, 0.05) is 5.56 Å². The first-order valence-corrected chi connectivity index (χ1v) is 9.68. The summed E-state index contributed by atoms with van der Waals surface area (Å²) in [4.78, 5) is 24.1. The Kier molecular flexibility index (Phi) is 5.36. The van der Waals surface area contributed by atoms with Gasteiger partial charge in [-0.1, -0.05) is 43.0 Å². The SMILES string of the molecule is CCc1ccc(-c2cc3c(=O)[nH]nc(SCC(=O)OC(C)(C)C)n3n2)cc1. The molecule has 0 aliphatic carbocycles. The summed E-state index contributed by atoms with van der Waals surface area (Å²) < 4.78 is 6.77. The average Bonchev–Trinajstić information content (AvgIpc) is 3.06. The number of rotatable bonds is 5. The van der Waals surface area contributed by atoms with Crippen LogP contribution < -0.4 is 5.56 Å². The van der Waals surface area contributed by atoms with Crippen LogP contribution in [0.25, 0.3) is 16.8 Å². The smallest absolute Gasteiger partial charge is 0.316 e. The van der Waals surface area contributed by atoms with Gasteiger partial charge in [0.05, 0.1) is 11.4 Å². The van der Waals surface area contributed by atoms with Crippen molar-refractivity contribution in [2.75, 3.05) is 5.75 Å². The van der Waals surface area contributed by atoms with Gasteiger partial charge in [0.1, 0.15) is 11.1 Å². The standard InChI is InChI=1S/C19H22N4O3S/c1-5-12-6-8-13(9-7-12)14-10-15-17(25)20-21-18(23(15)22-14)27-11-16(24)26-19(2,3)4/h6-10H,5,11H2,1-4H3,(H,20,25). The maximum atomic E-state index is 12.1. The highest BCUT2D eigenvalue weighted by Gasteiger charge is 2.18. The summed E-state index contributed by atoms with van der Waals surface area (Å²) in [5.41, 5.74) is 2.32. The first-order chi connectivity index (χ1) is 12.8. The summed E-state index contributed by atoms with van der Waals surface area (Å²) in [6, 6.07) is 9.77. The Morgan fingerprint density at radius 3 is 2.59 bits per heavy atom. The van der Waals surface area contributed by atoms with E-state index < -0.39 is 5.60 Å². The molecule has 0 amide bonds. The minimum Gasteiger partial charge on any atom is -0.459 e. The molecule has 0 bridgehead atoms. The van der Waals surface area contributed by atoms with Crippen LogP contribution in [0.1, 0.15) is 33.3 Å². The number of thioether (sulfide) groups is 1. The summed E-state index contributed by atoms with van der Waals surface area (Å²) >= 11 is 1.17. The van der Waals surface area contributed by atoms with Crippen molar-refractivity contribution in [2.24, 2.45) is 0 Å². The third-order valence-corrected chi connectivity index (χ3v) is 4.68. The molecule has 0 spiro atoms. The van der Waals surface area contributed by atoms with Crippen molar-refractivity contribution < 1.29 is 9.53 Å². The Morgan fingerprint density at radius 1 is 1.26 bits per heavy atom. The highest BCUT2D eigenvalue weighted by molar-refractivity contribution is 7.99. The number of carbonyl (C=O) groups is 1. The maximum Gasteiger partial charge on any atom is 0.316 e. The fraction of sp³-hybridized carbons (Fsp3) is 0.368. The van der Waals surface area contributed by atoms with E-state index in [1.54, 1.807) is 6.07 Å². The molecule has 0 radical (unpaired) electrons. The predicted molar refractivity (Wildman–Crippen MR) is 105 cm³/mol. The third-order valence-electron chi connectivity index (χ3n) is 3.77. The zero-order valence-corrected chi connectivity index (χ0v) is 16.6. The molecule has 27 heavy (non-hydrogen) atoms. The van der Waals surface area contributed by atoms with Gasteiger partial charge in [-0.05, 0) is 38.8 Å². The number of carbonyl (C=O) groups excluding carboxylic acids is 1. The van der Waals surface area contributed by atoms with E-state index in [1.165, 1.54) is 21.8 Å². The molecule has 2 aromatic heterocycles. The summed E-state index contributed by atoms with van der Waals surface area (Å²) in [6.07, 6.45) is 0.959. The van der Waals surface area contributed by atoms with Crippen LogP contribution in [0.2, 0.25) is 0 Å². The lowest BCUT2D eigenvalue weighted by atomic mass is 10.1. The van der Waals surface area contributed by atoms with Gasteiger partial charge >= 0.3 is 5.97 Å². The van der Waals surface area contributed by atoms with E-state index in [0.29, 0.717) is 16.4 Å². The second-order valence-corrected chi connectivity index (χ2v) is 8.03. The minimum absolute atomic E-state index is 0.0752. The Morgan fingerprint density at radius 2 is 1.96 bits per heavy atom. The minimum atomic E-state index is -0.547. The van der Waals surface area contributed by atoms with Gasteiger partial charge in [0.25, 0.3) is 5.56 Å². The van der Waals surface area contributed by atoms with E-state index in [9.17, 15) is 9.59 Å². The van der Waals surface area contributed by atoms with E-state index in [2.05, 4.69) is 22.2 Å². The molecule has 1 aromatic carbocycles. The molecule has 1 N–H and O–H groups in total. The maximum absolute atomic E-state index is 12.1. The topological polar surface area (TPSA) is 89.3 Å². The zero-order chi connectivity index (χ0) is 19.6. The summed E-state index contributed by atoms with van der Waals surface area (Å²) in [5, 5.41) is 11.4. The number of hydrogen-bond donors (Lipinski definition) is 1. The number of fused-ring (bicyclic) bond motifs is 1. The molecule has 0 fully saturated rings. The first kappa shape index (κ1) is 19.2. The van der Waals surface area contributed by atoms with E-state index in [-0.39, 0.29) is 17.3 Å². The van der Waals surface area contributed by atoms with Gasteiger partial charge in [-0.3, -0.25) is 9.59 Å². The van der Waals surface area contributed by atoms with Crippen LogP contribution in [-0.4, -0.2) is 37.1 Å². The largest absolute Gasteiger partial charge is 0.459 e. The molecular weight excluding hydrogens is 364 g/mol. The van der Waals surface area contributed by atoms with Gasteiger partial charge in [0.2, 0.25) is 5.16 Å². The predicted octanol–water partition coefficient (Wildman–Crippen LogP) is 3.08. The molecule has 8 heteroatoms. The van der Waals surface area contributed by atoms with Crippen molar-refractivity contribution in [1.82, 2.24) is 19.8 Å². The molecule has 0 atom stereocenters. The Bertz CT molecular complexity index is 1020. The van der Waals surface area contributed by atoms with Crippen LogP contribution in [0.5, 0.6) is 0 Å². The molecule has 0 unspecified atom stereocenters. The highest BCUT2D eigenvalue weighted by Crippen LogP contribution is 2.22. The Hall–Kier alpha value is -2.61. The summed E-state index contributed by atoms with van der Waals surface area (Å²) in [6.45, 7) is 7.54. The molecule has 0 saturated heterocycles. The van der Waals surface area contributed by atoms with Gasteiger partial charge in [0.15, 0.2) is 0 Å². The van der Waals surface area contributed by atoms with Crippen molar-refractivity contribution in [2.45, 2.75) is 44.9 Å². The van der Waals surface area contributed by atoms with Crippen LogP contribution in [0.15, 0.2) is 40.3 Å². The number of nitrogens with zero attached hydrogens (tertiary/aromatic N) is 3. The normalized spacial score (nSPS) is 11.7. The van der Waals surface area contributed by atoms with Crippen molar-refractivity contribution >= 4 is 23.2 Å². The third kappa shape index (κ3) is 4.57. The summed E-state index contributed by atoms with van der Waals surface area (Å²) in [5.74, 6) is -0.276. The van der Waals surface area contributed by atoms with Crippen LogP contribution in [-0.2, 0) is 16.0 Å². The number of aromatic nitrogens is 4. The molecule has 2 heterocycles. The van der Waals surface area contributed by atoms with E-state index in [1.807, 2.05) is 45.0 Å². The molecule has 142 valence electrons. The van der Waals surface area contributed by atoms with Crippen LogP contribution in [0, 0.1) is 0 Å². The lowest BCUT2D eigenvalue weighted by molar-refractivity contribution is -0.151. The number of ether oxygens (including phenoxy) is 1. The van der Waals surface area contributed by atoms with Gasteiger partial charge in [-0.15, -0.1) is 5.10 Å².